The first-order chi connectivity index (χ1) is 6.24. The van der Waals surface area contributed by atoms with Gasteiger partial charge in [0.25, 0.3) is 0 Å². The molecule has 0 atom stereocenters. The standard InChI is InChI=1S/C9H12N2O2/c1-7(12)13-9-5-3-2-4-8(9)6-11-10/h2-5,11H,6,10H2,1H3. The molecule has 1 aromatic rings. The molecule has 0 unspecified atom stereocenters. The summed E-state index contributed by atoms with van der Waals surface area (Å²) in [6.07, 6.45) is 0. The van der Waals surface area contributed by atoms with Crippen LogP contribution in [0.3, 0.4) is 0 Å². The van der Waals surface area contributed by atoms with Crippen molar-refractivity contribution in [3.63, 3.8) is 0 Å². The van der Waals surface area contributed by atoms with Gasteiger partial charge >= 0.3 is 5.97 Å². The van der Waals surface area contributed by atoms with Crippen molar-refractivity contribution >= 4 is 5.97 Å². The number of benzene rings is 1. The number of nitrogens with one attached hydrogen (secondary N) is 1. The van der Waals surface area contributed by atoms with Crippen LogP contribution in [-0.4, -0.2) is 5.97 Å². The molecule has 0 aliphatic rings. The molecule has 0 spiro atoms. The molecule has 0 radical (unpaired) electrons. The third-order valence-electron chi connectivity index (χ3n) is 1.52. The molecule has 0 aliphatic heterocycles. The van der Waals surface area contributed by atoms with Crippen LogP contribution in [0.4, 0.5) is 0 Å². The lowest BCUT2D eigenvalue weighted by Crippen LogP contribution is -2.21. The Bertz CT molecular complexity index is 299. The van der Waals surface area contributed by atoms with Crippen molar-refractivity contribution in [2.45, 2.75) is 13.5 Å². The number of carbonyl (C=O) groups excluding carboxylic acids is 1. The van der Waals surface area contributed by atoms with E-state index in [4.69, 9.17) is 10.6 Å². The number of rotatable bonds is 3. The van der Waals surface area contributed by atoms with E-state index < -0.39 is 0 Å². The van der Waals surface area contributed by atoms with Crippen LogP contribution < -0.4 is 16.0 Å². The Morgan fingerprint density at radius 2 is 2.23 bits per heavy atom. The molecule has 0 aliphatic carbocycles. The number of carbonyl (C=O) groups is 1. The van der Waals surface area contributed by atoms with Gasteiger partial charge in [-0.3, -0.25) is 16.1 Å². The molecular formula is C9H12N2O2. The normalized spacial score (nSPS) is 9.69. The third-order valence-corrected chi connectivity index (χ3v) is 1.52. The van der Waals surface area contributed by atoms with Crippen molar-refractivity contribution in [2.24, 2.45) is 5.84 Å². The van der Waals surface area contributed by atoms with E-state index in [0.29, 0.717) is 12.3 Å². The fraction of sp³-hybridized carbons (Fsp3) is 0.222. The van der Waals surface area contributed by atoms with Gasteiger partial charge in [0.15, 0.2) is 0 Å². The molecule has 4 nitrogen and oxygen atoms in total. The molecular weight excluding hydrogens is 168 g/mol. The van der Waals surface area contributed by atoms with E-state index in [0.717, 1.165) is 5.56 Å². The fourth-order valence-corrected chi connectivity index (χ4v) is 1.01. The molecule has 0 bridgehead atoms. The van der Waals surface area contributed by atoms with Crippen molar-refractivity contribution < 1.29 is 9.53 Å². The van der Waals surface area contributed by atoms with Gasteiger partial charge in [-0.05, 0) is 6.07 Å². The van der Waals surface area contributed by atoms with Crippen LogP contribution in [0.1, 0.15) is 12.5 Å². The zero-order valence-corrected chi connectivity index (χ0v) is 7.41. The van der Waals surface area contributed by atoms with Crippen LogP contribution in [0.5, 0.6) is 5.75 Å². The number of hydrogen-bond acceptors (Lipinski definition) is 4. The van der Waals surface area contributed by atoms with Crippen LogP contribution in [-0.2, 0) is 11.3 Å². The van der Waals surface area contributed by atoms with Crippen molar-refractivity contribution in [3.8, 4) is 5.75 Å². The Hall–Kier alpha value is -1.39. The summed E-state index contributed by atoms with van der Waals surface area (Å²) in [5, 5.41) is 0. The Balaban J connectivity index is 2.84. The van der Waals surface area contributed by atoms with Crippen LogP contribution in [0.15, 0.2) is 24.3 Å². The van der Waals surface area contributed by atoms with Gasteiger partial charge in [0.2, 0.25) is 0 Å². The van der Waals surface area contributed by atoms with Gasteiger partial charge < -0.3 is 4.74 Å². The minimum atomic E-state index is -0.329. The Labute approximate surface area is 76.7 Å². The number of hydrazine groups is 1. The number of esters is 1. The van der Waals surface area contributed by atoms with Gasteiger partial charge in [0, 0.05) is 19.0 Å². The highest BCUT2D eigenvalue weighted by molar-refractivity contribution is 5.69. The molecule has 0 heterocycles. The monoisotopic (exact) mass is 180 g/mol. The first-order valence-corrected chi connectivity index (χ1v) is 3.94. The number of nitrogens with two attached hydrogens (primary N) is 1. The second-order valence-corrected chi connectivity index (χ2v) is 2.58. The quantitative estimate of drug-likeness (QED) is 0.309. The van der Waals surface area contributed by atoms with Gasteiger partial charge in [0.1, 0.15) is 5.75 Å². The van der Waals surface area contributed by atoms with E-state index in [1.807, 2.05) is 12.1 Å². The van der Waals surface area contributed by atoms with E-state index in [-0.39, 0.29) is 5.97 Å². The van der Waals surface area contributed by atoms with Crippen LogP contribution in [0.2, 0.25) is 0 Å². The number of para-hydroxylation sites is 1. The molecule has 13 heavy (non-hydrogen) atoms. The average Bonchev–Trinajstić information content (AvgIpc) is 2.08. The van der Waals surface area contributed by atoms with Crippen LogP contribution >= 0.6 is 0 Å². The van der Waals surface area contributed by atoms with Crippen LogP contribution in [0, 0.1) is 0 Å². The smallest absolute Gasteiger partial charge is 0.308 e. The van der Waals surface area contributed by atoms with Crippen molar-refractivity contribution in [2.75, 3.05) is 0 Å². The lowest BCUT2D eigenvalue weighted by molar-refractivity contribution is -0.131. The summed E-state index contributed by atoms with van der Waals surface area (Å²) in [5.74, 6) is 5.39. The van der Waals surface area contributed by atoms with Gasteiger partial charge in [-0.25, -0.2) is 0 Å². The van der Waals surface area contributed by atoms with E-state index in [1.165, 1.54) is 6.92 Å². The minimum Gasteiger partial charge on any atom is -0.426 e. The Kier molecular flexibility index (Phi) is 3.42. The number of ether oxygens (including phenoxy) is 1. The molecule has 0 fully saturated rings. The van der Waals surface area contributed by atoms with Crippen molar-refractivity contribution in [1.29, 1.82) is 0 Å². The lowest BCUT2D eigenvalue weighted by atomic mass is 10.2. The summed E-state index contributed by atoms with van der Waals surface area (Å²) in [6, 6.07) is 7.24. The zero-order valence-electron chi connectivity index (χ0n) is 7.41. The first kappa shape index (κ1) is 9.70. The predicted octanol–water partition coefficient (Wildman–Crippen LogP) is 0.575. The molecule has 0 saturated heterocycles. The summed E-state index contributed by atoms with van der Waals surface area (Å²) in [4.78, 5) is 10.7. The molecule has 3 N–H and O–H groups in total. The van der Waals surface area contributed by atoms with Gasteiger partial charge in [-0.1, -0.05) is 18.2 Å². The fourth-order valence-electron chi connectivity index (χ4n) is 1.01. The lowest BCUT2D eigenvalue weighted by Gasteiger charge is -2.07. The van der Waals surface area contributed by atoms with E-state index >= 15 is 0 Å². The van der Waals surface area contributed by atoms with E-state index in [2.05, 4.69) is 5.43 Å². The van der Waals surface area contributed by atoms with Gasteiger partial charge in [-0.2, -0.15) is 0 Å². The summed E-state index contributed by atoms with van der Waals surface area (Å²) >= 11 is 0. The highest BCUT2D eigenvalue weighted by Gasteiger charge is 2.03. The number of hydrogen-bond donors (Lipinski definition) is 2. The molecule has 4 heteroatoms. The topological polar surface area (TPSA) is 64.3 Å². The highest BCUT2D eigenvalue weighted by atomic mass is 16.5. The maximum atomic E-state index is 10.7. The van der Waals surface area contributed by atoms with Gasteiger partial charge in [0.05, 0.1) is 0 Å². The molecule has 0 aromatic heterocycles. The summed E-state index contributed by atoms with van der Waals surface area (Å²) in [6.45, 7) is 1.84. The maximum absolute atomic E-state index is 10.7. The summed E-state index contributed by atoms with van der Waals surface area (Å²) < 4.78 is 4.96. The third kappa shape index (κ3) is 2.85. The van der Waals surface area contributed by atoms with Gasteiger partial charge in [-0.15, -0.1) is 0 Å². The SMILES string of the molecule is CC(=O)Oc1ccccc1CNN. The maximum Gasteiger partial charge on any atom is 0.308 e. The molecule has 0 amide bonds. The first-order valence-electron chi connectivity index (χ1n) is 3.94. The molecule has 70 valence electrons. The Morgan fingerprint density at radius 1 is 1.54 bits per heavy atom. The second-order valence-electron chi connectivity index (χ2n) is 2.58. The molecule has 1 aromatic carbocycles. The predicted molar refractivity (Wildman–Crippen MR) is 48.8 cm³/mol. The minimum absolute atomic E-state index is 0.329. The molecule has 0 saturated carbocycles. The summed E-state index contributed by atoms with van der Waals surface area (Å²) in [7, 11) is 0. The Morgan fingerprint density at radius 3 is 2.85 bits per heavy atom. The average molecular weight is 180 g/mol. The zero-order chi connectivity index (χ0) is 9.68. The van der Waals surface area contributed by atoms with Crippen molar-refractivity contribution in [3.05, 3.63) is 29.8 Å². The van der Waals surface area contributed by atoms with Crippen LogP contribution in [0.25, 0.3) is 0 Å². The largest absolute Gasteiger partial charge is 0.426 e. The van der Waals surface area contributed by atoms with E-state index in [9.17, 15) is 4.79 Å². The van der Waals surface area contributed by atoms with Crippen molar-refractivity contribution in [1.82, 2.24) is 5.43 Å². The summed E-state index contributed by atoms with van der Waals surface area (Å²) in [5.41, 5.74) is 3.37. The second kappa shape index (κ2) is 4.59. The highest BCUT2D eigenvalue weighted by Crippen LogP contribution is 2.17. The van der Waals surface area contributed by atoms with E-state index in [1.54, 1.807) is 12.1 Å². The molecule has 1 rings (SSSR count).